The Morgan fingerprint density at radius 2 is 2.12 bits per heavy atom. The lowest BCUT2D eigenvalue weighted by Crippen LogP contribution is -2.42. The third kappa shape index (κ3) is 3.61. The van der Waals surface area contributed by atoms with Crippen LogP contribution in [-0.4, -0.2) is 44.2 Å². The Bertz CT molecular complexity index is 798. The van der Waals surface area contributed by atoms with Gasteiger partial charge in [0.25, 0.3) is 0 Å². The Hall–Kier alpha value is -2.33. The van der Waals surface area contributed by atoms with E-state index in [2.05, 4.69) is 10.5 Å². The molecule has 8 nitrogen and oxygen atoms in total. The van der Waals surface area contributed by atoms with Crippen LogP contribution in [0.1, 0.15) is 18.7 Å². The number of anilines is 1. The molecule has 1 saturated heterocycles. The number of hydrogen-bond donors (Lipinski definition) is 3. The van der Waals surface area contributed by atoms with Crippen LogP contribution in [0.2, 0.25) is 0 Å². The molecule has 2 heterocycles. The lowest BCUT2D eigenvalue weighted by atomic mass is 9.98. The second kappa shape index (κ2) is 7.50. The molecule has 0 amide bonds. The average Bonchev–Trinajstić information content (AvgIpc) is 2.86. The summed E-state index contributed by atoms with van der Waals surface area (Å²) >= 11 is 0. The lowest BCUT2D eigenvalue weighted by molar-refractivity contribution is -0.0610. The number of nitrogens with zero attached hydrogens (tertiary/aromatic N) is 2. The summed E-state index contributed by atoms with van der Waals surface area (Å²) in [7, 11) is 0. The van der Waals surface area contributed by atoms with Crippen LogP contribution in [0.25, 0.3) is 0 Å². The van der Waals surface area contributed by atoms with Crippen molar-refractivity contribution in [1.82, 2.24) is 9.55 Å². The number of ether oxygens (including phenoxy) is 1. The van der Waals surface area contributed by atoms with Gasteiger partial charge in [0.2, 0.25) is 0 Å². The molecule has 0 radical (unpaired) electrons. The summed E-state index contributed by atoms with van der Waals surface area (Å²) in [6.45, 7) is 0.816. The van der Waals surface area contributed by atoms with E-state index in [-0.39, 0.29) is 12.4 Å². The second-order valence-electron chi connectivity index (χ2n) is 6.18. The first-order valence-electron chi connectivity index (χ1n) is 8.07. The standard InChI is InChI=1S/C17H20FN3O5/c1-17(18)14(23)12(9-22)26-15(17)21-8-7-13(19-16(21)24)20-25-10-11-5-3-2-4-6-11/h2-8,12,14-15,22-23H,9-10H2,1H3,(H,19,20,24)/t12-,14-,15-,17+/m1/s1. The minimum Gasteiger partial charge on any atom is -0.394 e. The number of hydrogen-bond acceptors (Lipinski definition) is 7. The lowest BCUT2D eigenvalue weighted by Gasteiger charge is -2.24. The summed E-state index contributed by atoms with van der Waals surface area (Å²) in [5.41, 5.74) is 0.456. The zero-order valence-corrected chi connectivity index (χ0v) is 14.1. The summed E-state index contributed by atoms with van der Waals surface area (Å²) in [5, 5.41) is 19.0. The monoisotopic (exact) mass is 365 g/mol. The van der Waals surface area contributed by atoms with Crippen molar-refractivity contribution in [2.75, 3.05) is 12.1 Å². The van der Waals surface area contributed by atoms with Crippen molar-refractivity contribution in [3.8, 4) is 0 Å². The van der Waals surface area contributed by atoms with Crippen molar-refractivity contribution >= 4 is 5.82 Å². The fraction of sp³-hybridized carbons (Fsp3) is 0.412. The number of nitrogens with one attached hydrogen (secondary N) is 1. The van der Waals surface area contributed by atoms with E-state index in [1.807, 2.05) is 30.3 Å². The summed E-state index contributed by atoms with van der Waals surface area (Å²) in [6.07, 6.45) is -2.78. The smallest absolute Gasteiger partial charge is 0.351 e. The largest absolute Gasteiger partial charge is 0.394 e. The maximum Gasteiger partial charge on any atom is 0.351 e. The van der Waals surface area contributed by atoms with Crippen LogP contribution in [0.15, 0.2) is 47.4 Å². The van der Waals surface area contributed by atoms with Crippen LogP contribution in [0.4, 0.5) is 10.2 Å². The average molecular weight is 365 g/mol. The van der Waals surface area contributed by atoms with Crippen molar-refractivity contribution in [1.29, 1.82) is 0 Å². The molecule has 3 rings (SSSR count). The maximum absolute atomic E-state index is 14.7. The number of aliphatic hydroxyl groups excluding tert-OH is 2. The Morgan fingerprint density at radius 3 is 2.73 bits per heavy atom. The molecule has 9 heteroatoms. The fourth-order valence-electron chi connectivity index (χ4n) is 2.78. The Morgan fingerprint density at radius 1 is 1.38 bits per heavy atom. The van der Waals surface area contributed by atoms with Crippen LogP contribution in [0.5, 0.6) is 0 Å². The van der Waals surface area contributed by atoms with Crippen molar-refractivity contribution in [2.24, 2.45) is 0 Å². The number of rotatable bonds is 6. The van der Waals surface area contributed by atoms with Gasteiger partial charge in [0, 0.05) is 6.20 Å². The van der Waals surface area contributed by atoms with Gasteiger partial charge in [-0.25, -0.2) is 14.7 Å². The zero-order chi connectivity index (χ0) is 18.7. The molecular weight excluding hydrogens is 345 g/mol. The molecule has 0 aliphatic carbocycles. The van der Waals surface area contributed by atoms with Gasteiger partial charge in [0.1, 0.15) is 12.2 Å². The van der Waals surface area contributed by atoms with Gasteiger partial charge in [-0.1, -0.05) is 30.3 Å². The van der Waals surface area contributed by atoms with E-state index in [1.165, 1.54) is 12.3 Å². The number of aromatic nitrogens is 2. The van der Waals surface area contributed by atoms with Gasteiger partial charge < -0.3 is 14.9 Å². The molecule has 0 spiro atoms. The Kier molecular flexibility index (Phi) is 5.33. The molecule has 4 atom stereocenters. The Labute approximate surface area is 148 Å². The molecule has 0 unspecified atom stereocenters. The molecule has 3 N–H and O–H groups in total. The predicted octanol–water partition coefficient (Wildman–Crippen LogP) is 0.766. The highest BCUT2D eigenvalue weighted by Gasteiger charge is 2.55. The van der Waals surface area contributed by atoms with E-state index >= 15 is 0 Å². The molecule has 1 fully saturated rings. The van der Waals surface area contributed by atoms with E-state index in [9.17, 15) is 14.3 Å². The minimum absolute atomic E-state index is 0.153. The van der Waals surface area contributed by atoms with Crippen molar-refractivity contribution in [3.05, 3.63) is 58.6 Å². The third-order valence-electron chi connectivity index (χ3n) is 4.24. The van der Waals surface area contributed by atoms with Crippen molar-refractivity contribution < 1.29 is 24.2 Å². The molecule has 1 aliphatic rings. The molecule has 1 aliphatic heterocycles. The van der Waals surface area contributed by atoms with E-state index in [0.717, 1.165) is 17.1 Å². The first-order valence-corrected chi connectivity index (χ1v) is 8.07. The molecule has 2 aromatic rings. The van der Waals surface area contributed by atoms with Crippen LogP contribution in [-0.2, 0) is 16.2 Å². The van der Waals surface area contributed by atoms with Gasteiger partial charge in [0.15, 0.2) is 17.7 Å². The predicted molar refractivity (Wildman–Crippen MR) is 89.9 cm³/mol. The Balaban J connectivity index is 1.69. The highest BCUT2D eigenvalue weighted by molar-refractivity contribution is 5.29. The molecule has 140 valence electrons. The number of alkyl halides is 1. The maximum atomic E-state index is 14.7. The topological polar surface area (TPSA) is 106 Å². The van der Waals surface area contributed by atoms with Crippen LogP contribution >= 0.6 is 0 Å². The molecular formula is C17H20FN3O5. The van der Waals surface area contributed by atoms with Gasteiger partial charge in [-0.2, -0.15) is 4.98 Å². The van der Waals surface area contributed by atoms with Gasteiger partial charge >= 0.3 is 5.69 Å². The summed E-state index contributed by atoms with van der Waals surface area (Å²) in [6, 6.07) is 10.8. The summed E-state index contributed by atoms with van der Waals surface area (Å²) < 4.78 is 21.0. The molecule has 1 aromatic carbocycles. The normalized spacial score (nSPS) is 28.2. The molecule has 0 saturated carbocycles. The van der Waals surface area contributed by atoms with Crippen molar-refractivity contribution in [3.63, 3.8) is 0 Å². The van der Waals surface area contributed by atoms with Gasteiger partial charge in [-0.15, -0.1) is 0 Å². The number of aliphatic hydroxyl groups is 2. The van der Waals surface area contributed by atoms with Gasteiger partial charge in [-0.05, 0) is 18.6 Å². The summed E-state index contributed by atoms with van der Waals surface area (Å²) in [5.74, 6) is 0.153. The highest BCUT2D eigenvalue weighted by atomic mass is 19.1. The van der Waals surface area contributed by atoms with E-state index in [0.29, 0.717) is 0 Å². The second-order valence-corrected chi connectivity index (χ2v) is 6.18. The molecule has 26 heavy (non-hydrogen) atoms. The van der Waals surface area contributed by atoms with Crippen LogP contribution in [0, 0.1) is 0 Å². The fourth-order valence-corrected chi connectivity index (χ4v) is 2.78. The molecule has 1 aromatic heterocycles. The van der Waals surface area contributed by atoms with Crippen LogP contribution in [0.3, 0.4) is 0 Å². The number of benzene rings is 1. The quantitative estimate of drug-likeness (QED) is 0.649. The first-order chi connectivity index (χ1) is 12.4. The van der Waals surface area contributed by atoms with Crippen LogP contribution < -0.4 is 11.2 Å². The van der Waals surface area contributed by atoms with Gasteiger partial charge in [-0.3, -0.25) is 9.40 Å². The van der Waals surface area contributed by atoms with E-state index in [1.54, 1.807) is 0 Å². The SMILES string of the molecule is C[C@]1(F)[C@H](O)[C@@H](CO)O[C@H]1n1ccc(NOCc2ccccc2)nc1=O. The van der Waals surface area contributed by atoms with Gasteiger partial charge in [0.05, 0.1) is 13.2 Å². The van der Waals surface area contributed by atoms with E-state index in [4.69, 9.17) is 14.7 Å². The van der Waals surface area contributed by atoms with Crippen molar-refractivity contribution in [2.45, 2.75) is 37.6 Å². The molecule has 0 bridgehead atoms. The number of halogens is 1. The third-order valence-corrected chi connectivity index (χ3v) is 4.24. The highest BCUT2D eigenvalue weighted by Crippen LogP contribution is 2.40. The zero-order valence-electron chi connectivity index (χ0n) is 14.1. The first kappa shape index (κ1) is 18.5. The van der Waals surface area contributed by atoms with E-state index < -0.39 is 36.4 Å². The minimum atomic E-state index is -2.25. The summed E-state index contributed by atoms with van der Waals surface area (Å²) in [4.78, 5) is 21.3.